The number of benzene rings is 1. The summed E-state index contributed by atoms with van der Waals surface area (Å²) in [7, 11) is 0. The number of thiazole rings is 1. The summed E-state index contributed by atoms with van der Waals surface area (Å²) in [6.07, 6.45) is 0.630. The Labute approximate surface area is 141 Å². The summed E-state index contributed by atoms with van der Waals surface area (Å²) in [6, 6.07) is 7.17. The molecule has 122 valence electrons. The summed E-state index contributed by atoms with van der Waals surface area (Å²) in [6.45, 7) is 0.887. The van der Waals surface area contributed by atoms with E-state index in [1.54, 1.807) is 12.1 Å². The molecular formula is C14H15ClN4O3S. The minimum Gasteiger partial charge on any atom is -0.395 e. The Morgan fingerprint density at radius 2 is 1.83 bits per heavy atom. The van der Waals surface area contributed by atoms with Crippen LogP contribution in [0.5, 0.6) is 0 Å². The third-order valence-electron chi connectivity index (χ3n) is 2.91. The number of hydrogen-bond donors (Lipinski definition) is 2. The number of aliphatic hydroxyl groups excluding tert-OH is 2. The zero-order valence-electron chi connectivity index (χ0n) is 12.1. The average Bonchev–Trinajstić information content (AvgIpc) is 2.93. The Morgan fingerprint density at radius 3 is 2.35 bits per heavy atom. The van der Waals surface area contributed by atoms with Gasteiger partial charge in [-0.2, -0.15) is 0 Å². The van der Waals surface area contributed by atoms with Crippen LogP contribution in [0.4, 0.5) is 16.5 Å². The second kappa shape index (κ2) is 8.68. The maximum Gasteiger partial charge on any atom is 0.232 e. The Bertz CT molecular complexity index is 669. The van der Waals surface area contributed by atoms with Crippen LogP contribution in [0.15, 0.2) is 34.5 Å². The number of carbonyl (C=O) groups excluding carboxylic acids is 1. The molecule has 2 rings (SSSR count). The number of azo groups is 1. The van der Waals surface area contributed by atoms with Gasteiger partial charge in [0.2, 0.25) is 5.13 Å². The smallest absolute Gasteiger partial charge is 0.232 e. The lowest BCUT2D eigenvalue weighted by Crippen LogP contribution is -2.29. The molecule has 0 spiro atoms. The van der Waals surface area contributed by atoms with Crippen molar-refractivity contribution in [1.29, 1.82) is 0 Å². The van der Waals surface area contributed by atoms with E-state index >= 15 is 0 Å². The topological polar surface area (TPSA) is 98.4 Å². The lowest BCUT2D eigenvalue weighted by atomic mass is 10.2. The van der Waals surface area contributed by atoms with Gasteiger partial charge >= 0.3 is 0 Å². The van der Waals surface area contributed by atoms with E-state index in [9.17, 15) is 4.79 Å². The predicted molar refractivity (Wildman–Crippen MR) is 89.5 cm³/mol. The monoisotopic (exact) mass is 354 g/mol. The van der Waals surface area contributed by atoms with Crippen LogP contribution >= 0.6 is 22.9 Å². The van der Waals surface area contributed by atoms with Crippen LogP contribution in [0, 0.1) is 0 Å². The van der Waals surface area contributed by atoms with Crippen LogP contribution in [0.3, 0.4) is 0 Å². The van der Waals surface area contributed by atoms with Crippen LogP contribution in [0.2, 0.25) is 5.15 Å². The average molecular weight is 355 g/mol. The van der Waals surface area contributed by atoms with E-state index in [0.29, 0.717) is 35.1 Å². The van der Waals surface area contributed by atoms with Crippen molar-refractivity contribution in [2.75, 3.05) is 31.2 Å². The van der Waals surface area contributed by atoms with Gasteiger partial charge in [0.05, 0.1) is 18.9 Å². The molecule has 7 nitrogen and oxygen atoms in total. The van der Waals surface area contributed by atoms with E-state index < -0.39 is 0 Å². The van der Waals surface area contributed by atoms with Gasteiger partial charge in [0, 0.05) is 18.8 Å². The maximum atomic E-state index is 10.7. The molecule has 0 aliphatic rings. The number of rotatable bonds is 8. The highest BCUT2D eigenvalue weighted by atomic mass is 35.5. The normalized spacial score (nSPS) is 11.1. The van der Waals surface area contributed by atoms with E-state index in [0.717, 1.165) is 17.0 Å². The van der Waals surface area contributed by atoms with Crippen molar-refractivity contribution < 1.29 is 15.0 Å². The molecule has 1 aromatic heterocycles. The van der Waals surface area contributed by atoms with Gasteiger partial charge in [0.15, 0.2) is 11.4 Å². The zero-order chi connectivity index (χ0) is 16.7. The fourth-order valence-corrected chi connectivity index (χ4v) is 2.74. The maximum absolute atomic E-state index is 10.7. The molecule has 0 fully saturated rings. The van der Waals surface area contributed by atoms with Crippen LogP contribution in [0.25, 0.3) is 0 Å². The number of nitrogens with zero attached hydrogens (tertiary/aromatic N) is 4. The Morgan fingerprint density at radius 1 is 1.17 bits per heavy atom. The van der Waals surface area contributed by atoms with Gasteiger partial charge in [-0.3, -0.25) is 4.79 Å². The second-order valence-electron chi connectivity index (χ2n) is 4.42. The second-order valence-corrected chi connectivity index (χ2v) is 5.79. The number of hydrogen-bond acceptors (Lipinski definition) is 8. The quantitative estimate of drug-likeness (QED) is 0.561. The summed E-state index contributed by atoms with van der Waals surface area (Å²) >= 11 is 6.83. The summed E-state index contributed by atoms with van der Waals surface area (Å²) in [5.74, 6) is 0. The minimum atomic E-state index is 0.00529. The van der Waals surface area contributed by atoms with Gasteiger partial charge < -0.3 is 15.1 Å². The van der Waals surface area contributed by atoms with Crippen LogP contribution in [0.1, 0.15) is 9.67 Å². The van der Waals surface area contributed by atoms with Gasteiger partial charge in [-0.05, 0) is 24.3 Å². The lowest BCUT2D eigenvalue weighted by molar-refractivity contribution is 0.112. The molecule has 0 aliphatic heterocycles. The molecule has 1 heterocycles. The molecular weight excluding hydrogens is 340 g/mol. The van der Waals surface area contributed by atoms with Crippen molar-refractivity contribution in [3.8, 4) is 0 Å². The molecule has 2 aromatic rings. The predicted octanol–water partition coefficient (Wildman–Crippen LogP) is 2.82. The number of carbonyl (C=O) groups is 1. The molecule has 0 amide bonds. The van der Waals surface area contributed by atoms with E-state index in [2.05, 4.69) is 15.2 Å². The van der Waals surface area contributed by atoms with Crippen LogP contribution in [-0.2, 0) is 0 Å². The molecule has 9 heteroatoms. The molecule has 0 unspecified atom stereocenters. The highest BCUT2D eigenvalue weighted by molar-refractivity contribution is 7.17. The Hall–Kier alpha value is -1.87. The standard InChI is InChI=1S/C14H15ClN4O3S/c15-13-12(9-22)23-14(16-13)18-17-10-1-3-11(4-2-10)19(5-7-20)6-8-21/h1-4,9,20-21H,5-8H2. The van der Waals surface area contributed by atoms with Gasteiger partial charge in [0.1, 0.15) is 4.88 Å². The van der Waals surface area contributed by atoms with E-state index in [4.69, 9.17) is 21.8 Å². The molecule has 0 saturated heterocycles. The van der Waals surface area contributed by atoms with E-state index in [1.807, 2.05) is 17.0 Å². The first kappa shape index (κ1) is 17.5. The first-order chi connectivity index (χ1) is 11.2. The van der Waals surface area contributed by atoms with Crippen molar-refractivity contribution in [2.24, 2.45) is 10.2 Å². The van der Waals surface area contributed by atoms with Gasteiger partial charge in [0.25, 0.3) is 0 Å². The fourth-order valence-electron chi connectivity index (χ4n) is 1.86. The number of aldehydes is 1. The van der Waals surface area contributed by atoms with Crippen molar-refractivity contribution in [3.63, 3.8) is 0 Å². The lowest BCUT2D eigenvalue weighted by Gasteiger charge is -2.22. The third kappa shape index (κ3) is 4.80. The van der Waals surface area contributed by atoms with Gasteiger partial charge in [-0.15, -0.1) is 10.2 Å². The van der Waals surface area contributed by atoms with Crippen molar-refractivity contribution in [3.05, 3.63) is 34.3 Å². The van der Waals surface area contributed by atoms with Gasteiger partial charge in [-0.1, -0.05) is 22.9 Å². The molecule has 2 N–H and O–H groups in total. The van der Waals surface area contributed by atoms with E-state index in [-0.39, 0.29) is 18.4 Å². The highest BCUT2D eigenvalue weighted by Crippen LogP contribution is 2.29. The molecule has 1 aromatic carbocycles. The van der Waals surface area contributed by atoms with Crippen molar-refractivity contribution in [2.45, 2.75) is 0 Å². The van der Waals surface area contributed by atoms with E-state index in [1.165, 1.54) is 0 Å². The van der Waals surface area contributed by atoms with Gasteiger partial charge in [-0.25, -0.2) is 4.98 Å². The number of halogens is 1. The first-order valence-electron chi connectivity index (χ1n) is 6.78. The summed E-state index contributed by atoms with van der Waals surface area (Å²) in [5.41, 5.74) is 1.48. The first-order valence-corrected chi connectivity index (χ1v) is 7.97. The van der Waals surface area contributed by atoms with Crippen molar-refractivity contribution in [1.82, 2.24) is 4.98 Å². The summed E-state index contributed by atoms with van der Waals surface area (Å²) in [5, 5.41) is 26.5. The Balaban J connectivity index is 2.09. The molecule has 0 radical (unpaired) electrons. The molecule has 0 atom stereocenters. The number of aliphatic hydroxyl groups is 2. The van der Waals surface area contributed by atoms with Crippen molar-refractivity contribution >= 4 is 45.7 Å². The third-order valence-corrected chi connectivity index (χ3v) is 4.18. The van der Waals surface area contributed by atoms with Crippen LogP contribution < -0.4 is 4.90 Å². The van der Waals surface area contributed by atoms with Crippen LogP contribution in [-0.4, -0.2) is 47.8 Å². The SMILES string of the molecule is O=Cc1sc(N=Nc2ccc(N(CCO)CCO)cc2)nc1Cl. The highest BCUT2D eigenvalue weighted by Gasteiger charge is 2.08. The summed E-state index contributed by atoms with van der Waals surface area (Å²) < 4.78 is 0. The molecule has 0 aliphatic carbocycles. The molecule has 0 saturated carbocycles. The zero-order valence-corrected chi connectivity index (χ0v) is 13.7. The number of anilines is 1. The fraction of sp³-hybridized carbons (Fsp3) is 0.286. The minimum absolute atomic E-state index is 0.00529. The molecule has 23 heavy (non-hydrogen) atoms. The summed E-state index contributed by atoms with van der Waals surface area (Å²) in [4.78, 5) is 16.8. The number of aromatic nitrogens is 1. The Kier molecular flexibility index (Phi) is 6.60. The largest absolute Gasteiger partial charge is 0.395 e. The molecule has 0 bridgehead atoms.